The Morgan fingerprint density at radius 3 is 2.46 bits per heavy atom. The number of esters is 1. The van der Waals surface area contributed by atoms with E-state index in [1.807, 2.05) is 0 Å². The fourth-order valence-corrected chi connectivity index (χ4v) is 2.65. The quantitative estimate of drug-likeness (QED) is 0.463. The van der Waals surface area contributed by atoms with Crippen LogP contribution < -0.4 is 4.90 Å². The largest absolute Gasteiger partial charge is 0.449 e. The van der Waals surface area contributed by atoms with Crippen molar-refractivity contribution in [1.29, 1.82) is 0 Å². The first-order valence-electron chi connectivity index (χ1n) is 7.76. The minimum absolute atomic E-state index is 0.0494. The second-order valence-corrected chi connectivity index (χ2v) is 5.93. The highest BCUT2D eigenvalue weighted by molar-refractivity contribution is 5.93. The van der Waals surface area contributed by atoms with Crippen LogP contribution in [0.4, 0.5) is 11.4 Å². The number of carbonyl (C=O) groups is 2. The molecule has 0 spiro atoms. The fraction of sp³-hybridized carbons (Fsp3) is 0.500. The topological polar surface area (TPSA) is 93.0 Å². The molecule has 2 rings (SSSR count). The second-order valence-electron chi connectivity index (χ2n) is 5.93. The summed E-state index contributed by atoms with van der Waals surface area (Å²) < 4.78 is 5.18. The average Bonchev–Trinajstić information content (AvgIpc) is 3.07. The zero-order chi connectivity index (χ0) is 17.9. The summed E-state index contributed by atoms with van der Waals surface area (Å²) in [6.07, 6.45) is 0.984. The lowest BCUT2D eigenvalue weighted by molar-refractivity contribution is -0.384. The van der Waals surface area contributed by atoms with E-state index >= 15 is 0 Å². The van der Waals surface area contributed by atoms with Gasteiger partial charge in [-0.05, 0) is 31.9 Å². The number of nitro groups is 1. The Morgan fingerprint density at radius 2 is 1.92 bits per heavy atom. The molecule has 0 saturated carbocycles. The molecule has 24 heavy (non-hydrogen) atoms. The summed E-state index contributed by atoms with van der Waals surface area (Å²) >= 11 is 0. The Labute approximate surface area is 140 Å². The van der Waals surface area contributed by atoms with Crippen molar-refractivity contribution in [1.82, 2.24) is 4.90 Å². The third-order valence-corrected chi connectivity index (χ3v) is 3.94. The normalized spacial score (nSPS) is 15.0. The molecule has 1 aromatic carbocycles. The molecule has 1 heterocycles. The van der Waals surface area contributed by atoms with E-state index in [0.717, 1.165) is 12.8 Å². The first-order valence-corrected chi connectivity index (χ1v) is 7.76. The van der Waals surface area contributed by atoms with Crippen molar-refractivity contribution in [2.24, 2.45) is 0 Å². The fourth-order valence-electron chi connectivity index (χ4n) is 2.65. The maximum Gasteiger partial charge on any atom is 0.339 e. The molecule has 1 atom stereocenters. The maximum atomic E-state index is 12.2. The smallest absolute Gasteiger partial charge is 0.339 e. The van der Waals surface area contributed by atoms with Gasteiger partial charge in [-0.1, -0.05) is 0 Å². The number of nitro benzene ring substituents is 1. The van der Waals surface area contributed by atoms with Gasteiger partial charge in [-0.2, -0.15) is 0 Å². The summed E-state index contributed by atoms with van der Waals surface area (Å²) in [5.41, 5.74) is 0.249. The van der Waals surface area contributed by atoms with Crippen molar-refractivity contribution in [2.75, 3.05) is 32.1 Å². The molecule has 0 aromatic heterocycles. The molecule has 1 amide bonds. The Morgan fingerprint density at radius 1 is 1.29 bits per heavy atom. The van der Waals surface area contributed by atoms with E-state index in [0.29, 0.717) is 18.8 Å². The molecule has 0 unspecified atom stereocenters. The van der Waals surface area contributed by atoms with Gasteiger partial charge in [0.05, 0.1) is 10.5 Å². The average molecular weight is 335 g/mol. The highest BCUT2D eigenvalue weighted by atomic mass is 16.6. The summed E-state index contributed by atoms with van der Waals surface area (Å²) in [4.78, 5) is 38.2. The van der Waals surface area contributed by atoms with Crippen LogP contribution in [-0.4, -0.2) is 55.0 Å². The second kappa shape index (κ2) is 7.29. The number of anilines is 1. The third kappa shape index (κ3) is 3.81. The highest BCUT2D eigenvalue weighted by Crippen LogP contribution is 2.28. The van der Waals surface area contributed by atoms with E-state index in [1.54, 1.807) is 23.9 Å². The summed E-state index contributed by atoms with van der Waals surface area (Å²) in [6, 6.07) is 4.12. The van der Waals surface area contributed by atoms with Crippen LogP contribution in [0.15, 0.2) is 18.2 Å². The molecule has 1 aliphatic heterocycles. The minimum atomic E-state index is -0.914. The predicted octanol–water partition coefficient (Wildman–Crippen LogP) is 1.83. The van der Waals surface area contributed by atoms with Gasteiger partial charge in [0.1, 0.15) is 5.69 Å². The number of benzene rings is 1. The molecule has 8 nitrogen and oxygen atoms in total. The molecule has 1 aliphatic rings. The minimum Gasteiger partial charge on any atom is -0.449 e. The van der Waals surface area contributed by atoms with E-state index in [4.69, 9.17) is 4.74 Å². The standard InChI is InChI=1S/C16H21N3O5/c1-11(15(20)18-8-4-5-9-18)24-16(21)12-6-7-13(17(2)3)14(10-12)19(22)23/h6-7,10-11H,4-5,8-9H2,1-3H3/t11-/m0/s1. The van der Waals surface area contributed by atoms with Gasteiger partial charge >= 0.3 is 5.97 Å². The molecule has 1 aromatic rings. The zero-order valence-electron chi connectivity index (χ0n) is 14.0. The van der Waals surface area contributed by atoms with Crippen LogP contribution in [-0.2, 0) is 9.53 Å². The van der Waals surface area contributed by atoms with Crippen LogP contribution in [0, 0.1) is 10.1 Å². The van der Waals surface area contributed by atoms with Gasteiger partial charge in [-0.15, -0.1) is 0 Å². The molecule has 130 valence electrons. The molecule has 0 N–H and O–H groups in total. The van der Waals surface area contributed by atoms with Crippen molar-refractivity contribution in [3.8, 4) is 0 Å². The first kappa shape index (κ1) is 17.7. The summed E-state index contributed by atoms with van der Waals surface area (Å²) in [6.45, 7) is 2.86. The Kier molecular flexibility index (Phi) is 5.38. The molecule has 8 heteroatoms. The lowest BCUT2D eigenvalue weighted by Crippen LogP contribution is -2.38. The lowest BCUT2D eigenvalue weighted by Gasteiger charge is -2.20. The first-order chi connectivity index (χ1) is 11.3. The van der Waals surface area contributed by atoms with E-state index in [2.05, 4.69) is 0 Å². The van der Waals surface area contributed by atoms with Crippen molar-refractivity contribution in [2.45, 2.75) is 25.9 Å². The summed E-state index contributed by atoms with van der Waals surface area (Å²) in [5, 5.41) is 11.2. The zero-order valence-corrected chi connectivity index (χ0v) is 14.0. The van der Waals surface area contributed by atoms with Crippen LogP contribution in [0.1, 0.15) is 30.1 Å². The van der Waals surface area contributed by atoms with Crippen molar-refractivity contribution < 1.29 is 19.2 Å². The molecule has 0 aliphatic carbocycles. The van der Waals surface area contributed by atoms with Gasteiger partial charge in [-0.3, -0.25) is 14.9 Å². The van der Waals surface area contributed by atoms with E-state index in [1.165, 1.54) is 25.1 Å². The lowest BCUT2D eigenvalue weighted by atomic mass is 10.1. The molecule has 0 radical (unpaired) electrons. The Hall–Kier alpha value is -2.64. The van der Waals surface area contributed by atoms with E-state index in [9.17, 15) is 19.7 Å². The van der Waals surface area contributed by atoms with Gasteiger partial charge in [0.25, 0.3) is 11.6 Å². The van der Waals surface area contributed by atoms with Gasteiger partial charge < -0.3 is 14.5 Å². The molecular formula is C16H21N3O5. The SMILES string of the molecule is C[C@H](OC(=O)c1ccc(N(C)C)c([N+](=O)[O-])c1)C(=O)N1CCCC1. The Bertz CT molecular complexity index is 653. The number of rotatable bonds is 5. The number of nitrogens with zero attached hydrogens (tertiary/aromatic N) is 3. The number of likely N-dealkylation sites (tertiary alicyclic amines) is 1. The maximum absolute atomic E-state index is 12.2. The van der Waals surface area contributed by atoms with E-state index < -0.39 is 17.0 Å². The van der Waals surface area contributed by atoms with Gasteiger partial charge in [0.15, 0.2) is 6.10 Å². The summed E-state index contributed by atoms with van der Waals surface area (Å²) in [7, 11) is 3.36. The van der Waals surface area contributed by atoms with Crippen molar-refractivity contribution in [3.63, 3.8) is 0 Å². The molecule has 0 bridgehead atoms. The predicted molar refractivity (Wildman–Crippen MR) is 88.1 cm³/mol. The Balaban J connectivity index is 2.13. The highest BCUT2D eigenvalue weighted by Gasteiger charge is 2.27. The number of hydrogen-bond donors (Lipinski definition) is 0. The van der Waals surface area contributed by atoms with Crippen LogP contribution in [0.5, 0.6) is 0 Å². The molecule has 1 saturated heterocycles. The van der Waals surface area contributed by atoms with Crippen molar-refractivity contribution in [3.05, 3.63) is 33.9 Å². The molecular weight excluding hydrogens is 314 g/mol. The molecule has 1 fully saturated rings. The number of amides is 1. The number of carbonyl (C=O) groups excluding carboxylic acids is 2. The van der Waals surface area contributed by atoms with Crippen LogP contribution >= 0.6 is 0 Å². The van der Waals surface area contributed by atoms with Gasteiger partial charge in [-0.25, -0.2) is 4.79 Å². The van der Waals surface area contributed by atoms with Crippen LogP contribution in [0.25, 0.3) is 0 Å². The monoisotopic (exact) mass is 335 g/mol. The van der Waals surface area contributed by atoms with Crippen LogP contribution in [0.3, 0.4) is 0 Å². The van der Waals surface area contributed by atoms with Gasteiger partial charge in [0.2, 0.25) is 0 Å². The summed E-state index contributed by atoms with van der Waals surface area (Å²) in [5.74, 6) is -0.983. The number of ether oxygens (including phenoxy) is 1. The van der Waals surface area contributed by atoms with Crippen molar-refractivity contribution >= 4 is 23.3 Å². The van der Waals surface area contributed by atoms with Crippen LogP contribution in [0.2, 0.25) is 0 Å². The van der Waals surface area contributed by atoms with Gasteiger partial charge in [0, 0.05) is 33.3 Å². The number of hydrogen-bond acceptors (Lipinski definition) is 6. The third-order valence-electron chi connectivity index (χ3n) is 3.94. The van der Waals surface area contributed by atoms with E-state index in [-0.39, 0.29) is 17.2 Å².